The first-order valence-electron chi connectivity index (χ1n) is 8.35. The van der Waals surface area contributed by atoms with E-state index >= 15 is 0 Å². The van der Waals surface area contributed by atoms with Crippen LogP contribution in [0.3, 0.4) is 0 Å². The Morgan fingerprint density at radius 2 is 1.86 bits per heavy atom. The van der Waals surface area contributed by atoms with Crippen LogP contribution in [0.25, 0.3) is 0 Å². The Balaban J connectivity index is 1.75. The van der Waals surface area contributed by atoms with Gasteiger partial charge in [0.15, 0.2) is 0 Å². The third kappa shape index (κ3) is 4.91. The van der Waals surface area contributed by atoms with Gasteiger partial charge in [-0.05, 0) is 50.0 Å². The number of hydrogen-bond donors (Lipinski definition) is 2. The maximum absolute atomic E-state index is 12.3. The molecule has 0 spiro atoms. The van der Waals surface area contributed by atoms with Crippen molar-refractivity contribution < 1.29 is 8.42 Å². The molecule has 2 aliphatic rings. The van der Waals surface area contributed by atoms with Gasteiger partial charge in [0.1, 0.15) is 0 Å². The zero-order chi connectivity index (χ0) is 15.5. The van der Waals surface area contributed by atoms with Crippen molar-refractivity contribution in [1.82, 2.24) is 14.3 Å². The molecule has 0 amide bonds. The molecule has 1 heterocycles. The van der Waals surface area contributed by atoms with E-state index < -0.39 is 10.2 Å². The second kappa shape index (κ2) is 6.94. The second-order valence-corrected chi connectivity index (χ2v) is 8.84. The van der Waals surface area contributed by atoms with E-state index in [2.05, 4.69) is 30.8 Å². The molecule has 124 valence electrons. The van der Waals surface area contributed by atoms with Crippen molar-refractivity contribution >= 4 is 10.2 Å². The van der Waals surface area contributed by atoms with Crippen molar-refractivity contribution in [3.63, 3.8) is 0 Å². The molecule has 1 aliphatic carbocycles. The summed E-state index contributed by atoms with van der Waals surface area (Å²) in [5, 5.41) is 3.45. The summed E-state index contributed by atoms with van der Waals surface area (Å²) in [6.45, 7) is 9.35. The molecule has 21 heavy (non-hydrogen) atoms. The lowest BCUT2D eigenvalue weighted by Gasteiger charge is -2.32. The molecule has 0 aromatic rings. The van der Waals surface area contributed by atoms with Crippen LogP contribution in [0.15, 0.2) is 0 Å². The quantitative estimate of drug-likeness (QED) is 0.716. The van der Waals surface area contributed by atoms with E-state index in [1.807, 2.05) is 0 Å². The van der Waals surface area contributed by atoms with Gasteiger partial charge < -0.3 is 5.32 Å². The smallest absolute Gasteiger partial charge is 0.279 e. The maximum Gasteiger partial charge on any atom is 0.279 e. The Morgan fingerprint density at radius 1 is 1.24 bits per heavy atom. The third-order valence-electron chi connectivity index (χ3n) is 5.06. The summed E-state index contributed by atoms with van der Waals surface area (Å²) in [5.74, 6) is 0.601. The summed E-state index contributed by atoms with van der Waals surface area (Å²) in [7, 11) is -3.28. The average molecular weight is 317 g/mol. The SMILES string of the molecule is CCC1(CNS(=O)(=O)N2CCC(CNC(C)C)CC2)CC1. The van der Waals surface area contributed by atoms with E-state index in [4.69, 9.17) is 0 Å². The molecule has 1 saturated heterocycles. The topological polar surface area (TPSA) is 61.4 Å². The Bertz CT molecular complexity index is 424. The lowest BCUT2D eigenvalue weighted by molar-refractivity contribution is 0.260. The van der Waals surface area contributed by atoms with Gasteiger partial charge in [0.25, 0.3) is 10.2 Å². The van der Waals surface area contributed by atoms with E-state index in [1.54, 1.807) is 4.31 Å². The van der Waals surface area contributed by atoms with Gasteiger partial charge in [0.05, 0.1) is 0 Å². The monoisotopic (exact) mass is 317 g/mol. The van der Waals surface area contributed by atoms with E-state index in [9.17, 15) is 8.42 Å². The van der Waals surface area contributed by atoms with Gasteiger partial charge in [-0.3, -0.25) is 0 Å². The van der Waals surface area contributed by atoms with Crippen LogP contribution in [0.2, 0.25) is 0 Å². The van der Waals surface area contributed by atoms with E-state index in [0.717, 1.165) is 38.6 Å². The standard InChI is InChI=1S/C15H31N3O2S/c1-4-15(7-8-15)12-17-21(19,20)18-9-5-14(6-10-18)11-16-13(2)3/h13-14,16-17H,4-12H2,1-3H3. The zero-order valence-corrected chi connectivity index (χ0v) is 14.5. The molecular weight excluding hydrogens is 286 g/mol. The molecule has 0 aromatic heterocycles. The van der Waals surface area contributed by atoms with E-state index in [1.165, 1.54) is 0 Å². The summed E-state index contributed by atoms with van der Waals surface area (Å²) >= 11 is 0. The summed E-state index contributed by atoms with van der Waals surface area (Å²) in [6.07, 6.45) is 5.31. The largest absolute Gasteiger partial charge is 0.314 e. The summed E-state index contributed by atoms with van der Waals surface area (Å²) in [6, 6.07) is 0.497. The lowest BCUT2D eigenvalue weighted by Crippen LogP contribution is -2.47. The number of nitrogens with zero attached hydrogens (tertiary/aromatic N) is 1. The van der Waals surface area contributed by atoms with Crippen molar-refractivity contribution in [3.05, 3.63) is 0 Å². The fourth-order valence-corrected chi connectivity index (χ4v) is 4.29. The first kappa shape index (κ1) is 17.2. The summed E-state index contributed by atoms with van der Waals surface area (Å²) < 4.78 is 29.2. The van der Waals surface area contributed by atoms with E-state index in [-0.39, 0.29) is 5.41 Å². The van der Waals surface area contributed by atoms with Gasteiger partial charge in [-0.25, -0.2) is 4.72 Å². The number of nitrogens with one attached hydrogen (secondary N) is 2. The molecule has 0 atom stereocenters. The first-order valence-corrected chi connectivity index (χ1v) is 9.79. The van der Waals surface area contributed by atoms with Gasteiger partial charge in [-0.2, -0.15) is 12.7 Å². The van der Waals surface area contributed by atoms with Crippen LogP contribution in [0, 0.1) is 11.3 Å². The van der Waals surface area contributed by atoms with Crippen LogP contribution in [0.5, 0.6) is 0 Å². The molecule has 1 aliphatic heterocycles. The van der Waals surface area contributed by atoms with Crippen molar-refractivity contribution in [2.24, 2.45) is 11.3 Å². The molecule has 2 fully saturated rings. The average Bonchev–Trinajstić information content (AvgIpc) is 3.24. The molecule has 2 N–H and O–H groups in total. The number of piperidine rings is 1. The van der Waals surface area contributed by atoms with Gasteiger partial charge in [0.2, 0.25) is 0 Å². The van der Waals surface area contributed by atoms with Crippen LogP contribution >= 0.6 is 0 Å². The predicted octanol–water partition coefficient (Wildman–Crippen LogP) is 1.72. The predicted molar refractivity (Wildman–Crippen MR) is 86.3 cm³/mol. The second-order valence-electron chi connectivity index (χ2n) is 7.09. The fourth-order valence-electron chi connectivity index (χ4n) is 2.92. The maximum atomic E-state index is 12.3. The molecule has 2 rings (SSSR count). The van der Waals surface area contributed by atoms with Crippen molar-refractivity contribution in [3.8, 4) is 0 Å². The summed E-state index contributed by atoms with van der Waals surface area (Å²) in [5.41, 5.74) is 0.257. The van der Waals surface area contributed by atoms with E-state index in [0.29, 0.717) is 31.6 Å². The molecule has 0 bridgehead atoms. The minimum atomic E-state index is -3.28. The Hall–Kier alpha value is -0.170. The number of rotatable bonds is 8. The highest BCUT2D eigenvalue weighted by Crippen LogP contribution is 2.48. The summed E-state index contributed by atoms with van der Waals surface area (Å²) in [4.78, 5) is 0. The van der Waals surface area contributed by atoms with Crippen LogP contribution < -0.4 is 10.0 Å². The minimum absolute atomic E-state index is 0.257. The Labute approximate surface area is 130 Å². The first-order chi connectivity index (χ1) is 9.87. The fraction of sp³-hybridized carbons (Fsp3) is 1.00. The molecule has 0 radical (unpaired) electrons. The zero-order valence-electron chi connectivity index (χ0n) is 13.7. The molecule has 1 saturated carbocycles. The van der Waals surface area contributed by atoms with Gasteiger partial charge in [-0.15, -0.1) is 0 Å². The molecule has 6 heteroatoms. The minimum Gasteiger partial charge on any atom is -0.314 e. The van der Waals surface area contributed by atoms with Crippen molar-refractivity contribution in [2.75, 3.05) is 26.2 Å². The highest BCUT2D eigenvalue weighted by molar-refractivity contribution is 7.87. The van der Waals surface area contributed by atoms with Crippen molar-refractivity contribution in [1.29, 1.82) is 0 Å². The highest BCUT2D eigenvalue weighted by Gasteiger charge is 2.41. The normalized spacial score (nSPS) is 23.6. The molecule has 0 unspecified atom stereocenters. The Kier molecular flexibility index (Phi) is 5.68. The van der Waals surface area contributed by atoms with Gasteiger partial charge >= 0.3 is 0 Å². The van der Waals surface area contributed by atoms with Gasteiger partial charge in [0, 0.05) is 25.7 Å². The van der Waals surface area contributed by atoms with Crippen LogP contribution in [0.4, 0.5) is 0 Å². The van der Waals surface area contributed by atoms with Crippen LogP contribution in [-0.2, 0) is 10.2 Å². The number of hydrogen-bond acceptors (Lipinski definition) is 3. The van der Waals surface area contributed by atoms with Gasteiger partial charge in [-0.1, -0.05) is 20.8 Å². The molecular formula is C15H31N3O2S. The lowest BCUT2D eigenvalue weighted by atomic mass is 9.98. The molecule has 5 nitrogen and oxygen atoms in total. The molecule has 0 aromatic carbocycles. The van der Waals surface area contributed by atoms with Crippen LogP contribution in [-0.4, -0.2) is 44.9 Å². The van der Waals surface area contributed by atoms with Crippen molar-refractivity contribution in [2.45, 2.75) is 58.9 Å². The Morgan fingerprint density at radius 3 is 2.33 bits per heavy atom. The highest BCUT2D eigenvalue weighted by atomic mass is 32.2. The third-order valence-corrected chi connectivity index (χ3v) is 6.62. The van der Waals surface area contributed by atoms with Crippen LogP contribution in [0.1, 0.15) is 52.9 Å².